The minimum absolute atomic E-state index is 0.0733. The van der Waals surface area contributed by atoms with E-state index < -0.39 is 4.92 Å². The molecule has 1 heterocycles. The maximum atomic E-state index is 12.1. The number of ether oxygens (including phenoxy) is 1. The van der Waals surface area contributed by atoms with Gasteiger partial charge in [-0.15, -0.1) is 0 Å². The fourth-order valence-corrected chi connectivity index (χ4v) is 2.51. The summed E-state index contributed by atoms with van der Waals surface area (Å²) in [6.07, 6.45) is 0. The van der Waals surface area contributed by atoms with Gasteiger partial charge in [0.15, 0.2) is 12.4 Å². The molecular weight excluding hydrogens is 308 g/mol. The van der Waals surface area contributed by atoms with E-state index in [0.717, 1.165) is 5.56 Å². The Kier molecular flexibility index (Phi) is 3.68. The second-order valence-electron chi connectivity index (χ2n) is 4.81. The number of fused-ring (bicyclic) bond motifs is 1. The van der Waals surface area contributed by atoms with E-state index in [2.05, 4.69) is 0 Å². The van der Waals surface area contributed by atoms with E-state index >= 15 is 0 Å². The van der Waals surface area contributed by atoms with Crippen molar-refractivity contribution in [3.63, 3.8) is 0 Å². The second-order valence-corrected chi connectivity index (χ2v) is 5.24. The van der Waals surface area contributed by atoms with E-state index in [9.17, 15) is 14.9 Å². The zero-order valence-corrected chi connectivity index (χ0v) is 12.1. The summed E-state index contributed by atoms with van der Waals surface area (Å²) >= 11 is 5.95. The topological polar surface area (TPSA) is 72.7 Å². The SMILES string of the molecule is O=C1COc2cc([N+](=O)[O-])ccc2N1Cc1cccc(Cl)c1. The summed E-state index contributed by atoms with van der Waals surface area (Å²) in [5.74, 6) is 0.122. The molecular formula is C15H11ClN2O4. The van der Waals surface area contributed by atoms with Gasteiger partial charge in [-0.3, -0.25) is 14.9 Å². The molecule has 0 unspecified atom stereocenters. The molecule has 1 aliphatic heterocycles. The Balaban J connectivity index is 1.95. The number of anilines is 1. The molecule has 3 rings (SSSR count). The van der Waals surface area contributed by atoms with Gasteiger partial charge < -0.3 is 9.64 Å². The van der Waals surface area contributed by atoms with Crippen molar-refractivity contribution in [2.24, 2.45) is 0 Å². The molecule has 112 valence electrons. The van der Waals surface area contributed by atoms with E-state index in [1.807, 2.05) is 6.07 Å². The zero-order valence-electron chi connectivity index (χ0n) is 11.4. The predicted molar refractivity (Wildman–Crippen MR) is 81.2 cm³/mol. The standard InChI is InChI=1S/C15H11ClN2O4/c16-11-3-1-2-10(6-11)8-17-13-5-4-12(18(20)21)7-14(13)22-9-15(17)19/h1-7H,8-9H2. The lowest BCUT2D eigenvalue weighted by Crippen LogP contribution is -2.38. The molecule has 0 aromatic heterocycles. The number of non-ortho nitro benzene ring substituents is 1. The normalized spacial score (nSPS) is 13.5. The van der Waals surface area contributed by atoms with Crippen LogP contribution in [0.5, 0.6) is 5.75 Å². The molecule has 6 nitrogen and oxygen atoms in total. The van der Waals surface area contributed by atoms with Crippen molar-refractivity contribution in [2.75, 3.05) is 11.5 Å². The fourth-order valence-electron chi connectivity index (χ4n) is 2.30. The van der Waals surface area contributed by atoms with Gasteiger partial charge in [-0.2, -0.15) is 0 Å². The number of carbonyl (C=O) groups is 1. The number of rotatable bonds is 3. The highest BCUT2D eigenvalue weighted by molar-refractivity contribution is 6.30. The highest BCUT2D eigenvalue weighted by Gasteiger charge is 2.27. The number of benzene rings is 2. The minimum Gasteiger partial charge on any atom is -0.481 e. The van der Waals surface area contributed by atoms with Gasteiger partial charge in [0.2, 0.25) is 0 Å². The monoisotopic (exact) mass is 318 g/mol. The molecule has 0 N–H and O–H groups in total. The summed E-state index contributed by atoms with van der Waals surface area (Å²) in [6.45, 7) is 0.183. The van der Waals surface area contributed by atoms with E-state index in [4.69, 9.17) is 16.3 Å². The molecule has 0 saturated carbocycles. The number of amides is 1. The first-order valence-electron chi connectivity index (χ1n) is 6.50. The molecule has 0 radical (unpaired) electrons. The molecule has 7 heteroatoms. The lowest BCUT2D eigenvalue weighted by atomic mass is 10.1. The lowest BCUT2D eigenvalue weighted by molar-refractivity contribution is -0.384. The van der Waals surface area contributed by atoms with Crippen LogP contribution >= 0.6 is 11.6 Å². The van der Waals surface area contributed by atoms with Crippen LogP contribution in [0.3, 0.4) is 0 Å². The molecule has 0 atom stereocenters. The Hall–Kier alpha value is -2.60. The van der Waals surface area contributed by atoms with Crippen LogP contribution in [0.1, 0.15) is 5.56 Å². The first-order chi connectivity index (χ1) is 10.5. The van der Waals surface area contributed by atoms with Gasteiger partial charge in [0.05, 0.1) is 23.2 Å². The predicted octanol–water partition coefficient (Wildman–Crippen LogP) is 3.17. The van der Waals surface area contributed by atoms with Crippen molar-refractivity contribution in [3.8, 4) is 5.75 Å². The smallest absolute Gasteiger partial charge is 0.273 e. The average Bonchev–Trinajstić information content (AvgIpc) is 2.49. The Labute approximate surface area is 131 Å². The van der Waals surface area contributed by atoms with Crippen LogP contribution in [0.4, 0.5) is 11.4 Å². The lowest BCUT2D eigenvalue weighted by Gasteiger charge is -2.29. The van der Waals surface area contributed by atoms with Crippen LogP contribution in [-0.4, -0.2) is 17.4 Å². The van der Waals surface area contributed by atoms with Crippen LogP contribution in [0.15, 0.2) is 42.5 Å². The number of hydrogen-bond donors (Lipinski definition) is 0. The van der Waals surface area contributed by atoms with Crippen molar-refractivity contribution in [1.29, 1.82) is 0 Å². The largest absolute Gasteiger partial charge is 0.481 e. The van der Waals surface area contributed by atoms with Gasteiger partial charge in [0.1, 0.15) is 0 Å². The first kappa shape index (κ1) is 14.3. The van der Waals surface area contributed by atoms with Crippen molar-refractivity contribution in [1.82, 2.24) is 0 Å². The number of nitrogens with zero attached hydrogens (tertiary/aromatic N) is 2. The summed E-state index contributed by atoms with van der Waals surface area (Å²) in [5, 5.41) is 11.4. The van der Waals surface area contributed by atoms with Crippen LogP contribution in [0.2, 0.25) is 5.02 Å². The van der Waals surface area contributed by atoms with Crippen LogP contribution in [0, 0.1) is 10.1 Å². The Morgan fingerprint density at radius 2 is 2.09 bits per heavy atom. The van der Waals surface area contributed by atoms with Crippen molar-refractivity contribution in [3.05, 3.63) is 63.2 Å². The van der Waals surface area contributed by atoms with Gasteiger partial charge in [0, 0.05) is 11.1 Å². The van der Waals surface area contributed by atoms with Gasteiger partial charge in [-0.1, -0.05) is 23.7 Å². The molecule has 0 saturated heterocycles. The molecule has 2 aromatic carbocycles. The molecule has 1 aliphatic rings. The highest BCUT2D eigenvalue weighted by Crippen LogP contribution is 2.36. The molecule has 0 spiro atoms. The Morgan fingerprint density at radius 1 is 1.27 bits per heavy atom. The van der Waals surface area contributed by atoms with E-state index in [1.54, 1.807) is 18.2 Å². The molecule has 22 heavy (non-hydrogen) atoms. The minimum atomic E-state index is -0.499. The number of carbonyl (C=O) groups excluding carboxylic acids is 1. The van der Waals surface area contributed by atoms with Crippen molar-refractivity contribution in [2.45, 2.75) is 6.54 Å². The maximum Gasteiger partial charge on any atom is 0.273 e. The molecule has 0 bridgehead atoms. The van der Waals surface area contributed by atoms with Crippen LogP contribution in [-0.2, 0) is 11.3 Å². The van der Waals surface area contributed by atoms with Gasteiger partial charge in [0.25, 0.3) is 11.6 Å². The second kappa shape index (κ2) is 5.65. The number of nitro groups is 1. The zero-order chi connectivity index (χ0) is 15.7. The Morgan fingerprint density at radius 3 is 2.82 bits per heavy atom. The van der Waals surface area contributed by atoms with Gasteiger partial charge in [-0.05, 0) is 23.8 Å². The third-order valence-electron chi connectivity index (χ3n) is 3.33. The van der Waals surface area contributed by atoms with Crippen molar-refractivity contribution >= 4 is 28.9 Å². The number of nitro benzene ring substituents is 1. The number of hydrogen-bond acceptors (Lipinski definition) is 4. The maximum absolute atomic E-state index is 12.1. The highest BCUT2D eigenvalue weighted by atomic mass is 35.5. The van der Waals surface area contributed by atoms with Gasteiger partial charge in [-0.25, -0.2) is 0 Å². The van der Waals surface area contributed by atoms with E-state index in [1.165, 1.54) is 23.1 Å². The average molecular weight is 319 g/mol. The van der Waals surface area contributed by atoms with Crippen LogP contribution < -0.4 is 9.64 Å². The van der Waals surface area contributed by atoms with Crippen LogP contribution in [0.25, 0.3) is 0 Å². The third-order valence-corrected chi connectivity index (χ3v) is 3.56. The summed E-state index contributed by atoms with van der Waals surface area (Å²) in [7, 11) is 0. The van der Waals surface area contributed by atoms with Gasteiger partial charge >= 0.3 is 0 Å². The number of halogens is 1. The Bertz CT molecular complexity index is 763. The van der Waals surface area contributed by atoms with Crippen molar-refractivity contribution < 1.29 is 14.5 Å². The molecule has 0 fully saturated rings. The quantitative estimate of drug-likeness (QED) is 0.643. The molecule has 1 amide bonds. The van der Waals surface area contributed by atoms with E-state index in [0.29, 0.717) is 23.0 Å². The third kappa shape index (κ3) is 2.73. The van der Waals surface area contributed by atoms with E-state index in [-0.39, 0.29) is 18.2 Å². The summed E-state index contributed by atoms with van der Waals surface area (Å²) in [5.41, 5.74) is 1.31. The summed E-state index contributed by atoms with van der Waals surface area (Å²) in [6, 6.07) is 11.4. The summed E-state index contributed by atoms with van der Waals surface area (Å²) in [4.78, 5) is 24.0. The molecule has 0 aliphatic carbocycles. The first-order valence-corrected chi connectivity index (χ1v) is 6.88. The fraction of sp³-hybridized carbons (Fsp3) is 0.133. The molecule has 2 aromatic rings. The summed E-state index contributed by atoms with van der Waals surface area (Å²) < 4.78 is 5.30.